The lowest BCUT2D eigenvalue weighted by Gasteiger charge is -2.09. The fourth-order valence-electron chi connectivity index (χ4n) is 2.77. The zero-order chi connectivity index (χ0) is 20.1. The minimum Gasteiger partial charge on any atom is -0.493 e. The molecule has 1 aliphatic rings. The molecule has 1 aliphatic heterocycles. The van der Waals surface area contributed by atoms with E-state index in [-0.39, 0.29) is 5.91 Å². The second-order valence-electron chi connectivity index (χ2n) is 6.23. The first-order chi connectivity index (χ1) is 13.5. The van der Waals surface area contributed by atoms with Gasteiger partial charge in [-0.3, -0.25) is 9.69 Å². The average Bonchev–Trinajstić information content (AvgIpc) is 2.97. The van der Waals surface area contributed by atoms with Crippen LogP contribution in [-0.4, -0.2) is 36.7 Å². The van der Waals surface area contributed by atoms with E-state index in [0.717, 1.165) is 17.7 Å². The number of aliphatic imine (C=N–C) groups is 1. The van der Waals surface area contributed by atoms with Crippen molar-refractivity contribution in [1.82, 2.24) is 4.90 Å². The second-order valence-corrected chi connectivity index (χ2v) is 7.24. The molecule has 0 atom stereocenters. The molecule has 1 heterocycles. The number of ether oxygens (including phenoxy) is 2. The number of rotatable bonds is 6. The summed E-state index contributed by atoms with van der Waals surface area (Å²) in [6.07, 6.45) is 2.84. The lowest BCUT2D eigenvalue weighted by molar-refractivity contribution is -0.121. The van der Waals surface area contributed by atoms with Crippen LogP contribution in [0.2, 0.25) is 0 Å². The van der Waals surface area contributed by atoms with Gasteiger partial charge in [0.05, 0.1) is 24.3 Å². The van der Waals surface area contributed by atoms with E-state index in [1.807, 2.05) is 43.3 Å². The molecule has 1 fully saturated rings. The van der Waals surface area contributed by atoms with Crippen molar-refractivity contribution in [2.24, 2.45) is 4.99 Å². The zero-order valence-corrected chi connectivity index (χ0v) is 17.4. The molecule has 0 unspecified atom stereocenters. The van der Waals surface area contributed by atoms with Crippen molar-refractivity contribution in [2.75, 3.05) is 20.8 Å². The maximum Gasteiger partial charge on any atom is 0.266 e. The largest absolute Gasteiger partial charge is 0.493 e. The van der Waals surface area contributed by atoms with Crippen molar-refractivity contribution in [3.8, 4) is 11.5 Å². The summed E-state index contributed by atoms with van der Waals surface area (Å²) in [5.41, 5.74) is 2.98. The first kappa shape index (κ1) is 20.0. The summed E-state index contributed by atoms with van der Waals surface area (Å²) >= 11 is 1.37. The van der Waals surface area contributed by atoms with Crippen LogP contribution in [0.1, 0.15) is 25.0 Å². The number of hydrogen-bond donors (Lipinski definition) is 0. The summed E-state index contributed by atoms with van der Waals surface area (Å²) in [7, 11) is 3.35. The summed E-state index contributed by atoms with van der Waals surface area (Å²) < 4.78 is 10.9. The number of amidine groups is 1. The van der Waals surface area contributed by atoms with Crippen LogP contribution in [0.25, 0.3) is 6.08 Å². The first-order valence-corrected chi connectivity index (χ1v) is 10.0. The third-order valence-corrected chi connectivity index (χ3v) is 5.42. The third-order valence-electron chi connectivity index (χ3n) is 4.36. The molecule has 0 aromatic heterocycles. The fraction of sp³-hybridized carbons (Fsp3) is 0.273. The normalized spacial score (nSPS) is 16.9. The van der Waals surface area contributed by atoms with E-state index in [1.54, 1.807) is 19.1 Å². The Morgan fingerprint density at radius 2 is 1.86 bits per heavy atom. The summed E-state index contributed by atoms with van der Waals surface area (Å²) in [6, 6.07) is 13.7. The van der Waals surface area contributed by atoms with Crippen molar-refractivity contribution in [2.45, 2.75) is 20.3 Å². The first-order valence-electron chi connectivity index (χ1n) is 9.21. The lowest BCUT2D eigenvalue weighted by atomic mass is 10.2. The zero-order valence-electron chi connectivity index (χ0n) is 16.6. The van der Waals surface area contributed by atoms with Gasteiger partial charge in [-0.15, -0.1) is 0 Å². The Morgan fingerprint density at radius 1 is 1.11 bits per heavy atom. The van der Waals surface area contributed by atoms with Gasteiger partial charge in [0.25, 0.3) is 5.91 Å². The number of carbonyl (C=O) groups excluding carboxylic acids is 1. The molecule has 3 rings (SSSR count). The maximum absolute atomic E-state index is 12.6. The molecular formula is C22H24N2O3S. The summed E-state index contributed by atoms with van der Waals surface area (Å²) in [6.45, 7) is 4.58. The minimum absolute atomic E-state index is 0.0669. The summed E-state index contributed by atoms with van der Waals surface area (Å²) in [5.74, 6) is 1.26. The standard InChI is InChI=1S/C22H24N2O3S/c1-5-15-7-10-17(11-8-15)23-22-24(3)21(25)20(28-22)14-16-9-12-18(26-4)19(13-16)27-6-2/h7-14H,5-6H2,1-4H3/b20-14+,23-22?. The van der Waals surface area contributed by atoms with Crippen molar-refractivity contribution in [3.05, 3.63) is 58.5 Å². The van der Waals surface area contributed by atoms with Crippen LogP contribution in [0.5, 0.6) is 11.5 Å². The Kier molecular flexibility index (Phi) is 6.41. The lowest BCUT2D eigenvalue weighted by Crippen LogP contribution is -2.23. The van der Waals surface area contributed by atoms with Crippen molar-refractivity contribution < 1.29 is 14.3 Å². The number of benzene rings is 2. The molecule has 2 aromatic rings. The van der Waals surface area contributed by atoms with E-state index in [9.17, 15) is 4.79 Å². The Hall–Kier alpha value is -2.73. The number of nitrogens with zero attached hydrogens (tertiary/aromatic N) is 2. The average molecular weight is 397 g/mol. The highest BCUT2D eigenvalue weighted by molar-refractivity contribution is 8.18. The Bertz CT molecular complexity index is 920. The smallest absolute Gasteiger partial charge is 0.266 e. The molecule has 1 saturated heterocycles. The molecular weight excluding hydrogens is 372 g/mol. The van der Waals surface area contributed by atoms with E-state index < -0.39 is 0 Å². The van der Waals surface area contributed by atoms with Crippen molar-refractivity contribution >= 4 is 34.6 Å². The SMILES string of the molecule is CCOc1cc(/C=C2/SC(=Nc3ccc(CC)cc3)N(C)C2=O)ccc1OC. The van der Waals surface area contributed by atoms with Crippen LogP contribution in [0.4, 0.5) is 5.69 Å². The number of hydrogen-bond acceptors (Lipinski definition) is 5. The topological polar surface area (TPSA) is 51.1 Å². The Morgan fingerprint density at radius 3 is 2.50 bits per heavy atom. The molecule has 28 heavy (non-hydrogen) atoms. The van der Waals surface area contributed by atoms with Gasteiger partial charge in [-0.25, -0.2) is 4.99 Å². The maximum atomic E-state index is 12.6. The predicted molar refractivity (Wildman–Crippen MR) is 115 cm³/mol. The summed E-state index contributed by atoms with van der Waals surface area (Å²) in [5, 5.41) is 0.666. The molecule has 5 nitrogen and oxygen atoms in total. The molecule has 6 heteroatoms. The monoisotopic (exact) mass is 396 g/mol. The molecule has 146 valence electrons. The number of carbonyl (C=O) groups is 1. The Labute approximate surface area is 170 Å². The van der Waals surface area contributed by atoms with E-state index in [4.69, 9.17) is 9.47 Å². The van der Waals surface area contributed by atoms with Gasteiger partial charge in [0, 0.05) is 7.05 Å². The van der Waals surface area contributed by atoms with Gasteiger partial charge in [-0.05, 0) is 66.6 Å². The number of methoxy groups -OCH3 is 1. The van der Waals surface area contributed by atoms with Crippen LogP contribution in [0, 0.1) is 0 Å². The van der Waals surface area contributed by atoms with E-state index in [2.05, 4.69) is 24.0 Å². The summed E-state index contributed by atoms with van der Waals surface area (Å²) in [4.78, 5) is 19.5. The second kappa shape index (κ2) is 8.97. The number of amides is 1. The van der Waals surface area contributed by atoms with Crippen LogP contribution in [0.15, 0.2) is 52.4 Å². The molecule has 0 spiro atoms. The van der Waals surface area contributed by atoms with Crippen molar-refractivity contribution in [3.63, 3.8) is 0 Å². The van der Waals surface area contributed by atoms with Crippen LogP contribution >= 0.6 is 11.8 Å². The quantitative estimate of drug-likeness (QED) is 0.653. The van der Waals surface area contributed by atoms with Gasteiger partial charge in [0.1, 0.15) is 0 Å². The van der Waals surface area contributed by atoms with Crippen molar-refractivity contribution in [1.29, 1.82) is 0 Å². The third kappa shape index (κ3) is 4.39. The number of aryl methyl sites for hydroxylation is 1. The highest BCUT2D eigenvalue weighted by atomic mass is 32.2. The van der Waals surface area contributed by atoms with Crippen LogP contribution < -0.4 is 9.47 Å². The van der Waals surface area contributed by atoms with Gasteiger partial charge < -0.3 is 9.47 Å². The molecule has 0 radical (unpaired) electrons. The van der Waals surface area contributed by atoms with E-state index >= 15 is 0 Å². The van der Waals surface area contributed by atoms with Gasteiger partial charge in [-0.2, -0.15) is 0 Å². The fourth-order valence-corrected chi connectivity index (χ4v) is 3.76. The minimum atomic E-state index is -0.0669. The highest BCUT2D eigenvalue weighted by Gasteiger charge is 2.30. The van der Waals surface area contributed by atoms with E-state index in [1.165, 1.54) is 17.3 Å². The number of thioether (sulfide) groups is 1. The van der Waals surface area contributed by atoms with Gasteiger partial charge in [0.15, 0.2) is 16.7 Å². The molecule has 0 bridgehead atoms. The molecule has 1 amide bonds. The molecule has 2 aromatic carbocycles. The van der Waals surface area contributed by atoms with E-state index in [0.29, 0.717) is 28.2 Å². The highest BCUT2D eigenvalue weighted by Crippen LogP contribution is 2.35. The predicted octanol–water partition coefficient (Wildman–Crippen LogP) is 4.89. The molecule has 0 saturated carbocycles. The van der Waals surface area contributed by atoms with Crippen LogP contribution in [0.3, 0.4) is 0 Å². The molecule has 0 N–H and O–H groups in total. The van der Waals surface area contributed by atoms with Gasteiger partial charge in [-0.1, -0.05) is 25.1 Å². The number of likely N-dealkylation sites (N-methyl/N-ethyl adjacent to an activating group) is 1. The van der Waals surface area contributed by atoms with Crippen LogP contribution in [-0.2, 0) is 11.2 Å². The van der Waals surface area contributed by atoms with Gasteiger partial charge in [0.2, 0.25) is 0 Å². The van der Waals surface area contributed by atoms with Gasteiger partial charge >= 0.3 is 0 Å². The Balaban J connectivity index is 1.86. The molecule has 0 aliphatic carbocycles.